The van der Waals surface area contributed by atoms with Crippen molar-refractivity contribution in [3.8, 4) is 0 Å². The van der Waals surface area contributed by atoms with Crippen LogP contribution in [0.1, 0.15) is 37.2 Å². The van der Waals surface area contributed by atoms with Gasteiger partial charge < -0.3 is 16.3 Å². The molecule has 0 radical (unpaired) electrons. The van der Waals surface area contributed by atoms with Gasteiger partial charge in [0.15, 0.2) is 0 Å². The Bertz CT molecular complexity index is 474. The first kappa shape index (κ1) is 13.4. The molecule has 0 amide bonds. The van der Waals surface area contributed by atoms with Crippen LogP contribution in [0.2, 0.25) is 0 Å². The number of nitrogens with one attached hydrogen (secondary N) is 1. The van der Waals surface area contributed by atoms with Crippen LogP contribution >= 0.6 is 0 Å². The lowest BCUT2D eigenvalue weighted by Gasteiger charge is -2.25. The average molecular weight is 273 g/mol. The second kappa shape index (κ2) is 5.83. The molecule has 2 aliphatic rings. The van der Waals surface area contributed by atoms with Gasteiger partial charge in [-0.1, -0.05) is 41.9 Å². The highest BCUT2D eigenvalue weighted by atomic mass is 16.4. The normalized spacial score (nSPS) is 30.6. The third kappa shape index (κ3) is 2.66. The molecule has 0 aliphatic heterocycles. The van der Waals surface area contributed by atoms with Crippen molar-refractivity contribution in [3.63, 3.8) is 0 Å². The van der Waals surface area contributed by atoms with E-state index in [2.05, 4.69) is 10.5 Å². The van der Waals surface area contributed by atoms with Crippen LogP contribution in [0.4, 0.5) is 0 Å². The fraction of sp³-hybridized carbons (Fsp3) is 0.562. The van der Waals surface area contributed by atoms with Gasteiger partial charge in [0.05, 0.1) is 5.92 Å². The van der Waals surface area contributed by atoms with Gasteiger partial charge in [-0.15, -0.1) is 0 Å². The Labute approximate surface area is 120 Å². The first-order valence-corrected chi connectivity index (χ1v) is 7.53. The number of rotatable bonds is 5. The molecule has 4 nitrogen and oxygen atoms in total. The van der Waals surface area contributed by atoms with Crippen molar-refractivity contribution in [1.29, 1.82) is 0 Å². The van der Waals surface area contributed by atoms with E-state index in [-0.39, 0.29) is 11.8 Å². The number of nitrogens with two attached hydrogens (primary N) is 1. The fourth-order valence-electron chi connectivity index (χ4n) is 3.91. The lowest BCUT2D eigenvalue weighted by molar-refractivity contribution is 0.313. The summed E-state index contributed by atoms with van der Waals surface area (Å²) in [6, 6.07) is 10.6. The highest BCUT2D eigenvalue weighted by molar-refractivity contribution is 5.87. The molecular weight excluding hydrogens is 250 g/mol. The molecule has 0 spiro atoms. The Kier molecular flexibility index (Phi) is 3.92. The van der Waals surface area contributed by atoms with E-state index in [0.29, 0.717) is 6.04 Å². The maximum absolute atomic E-state index is 9.00. The van der Waals surface area contributed by atoms with E-state index in [1.165, 1.54) is 25.7 Å². The van der Waals surface area contributed by atoms with Gasteiger partial charge in [-0.3, -0.25) is 0 Å². The Morgan fingerprint density at radius 2 is 2.10 bits per heavy atom. The largest absolute Gasteiger partial charge is 0.409 e. The van der Waals surface area contributed by atoms with Crippen LogP contribution in [-0.2, 0) is 0 Å². The van der Waals surface area contributed by atoms with Crippen LogP contribution in [0.5, 0.6) is 0 Å². The minimum absolute atomic E-state index is 0.0553. The third-order valence-corrected chi connectivity index (χ3v) is 5.00. The smallest absolute Gasteiger partial charge is 0.147 e. The molecule has 1 aromatic rings. The van der Waals surface area contributed by atoms with E-state index in [9.17, 15) is 0 Å². The molecule has 4 N–H and O–H groups in total. The van der Waals surface area contributed by atoms with Crippen LogP contribution in [-0.4, -0.2) is 23.6 Å². The van der Waals surface area contributed by atoms with E-state index < -0.39 is 0 Å². The first-order valence-electron chi connectivity index (χ1n) is 7.53. The molecule has 4 unspecified atom stereocenters. The highest BCUT2D eigenvalue weighted by Crippen LogP contribution is 2.44. The van der Waals surface area contributed by atoms with Gasteiger partial charge in [-0.05, 0) is 36.7 Å². The number of hydrogen-bond acceptors (Lipinski definition) is 3. The summed E-state index contributed by atoms with van der Waals surface area (Å²) in [5.41, 5.74) is 6.97. The van der Waals surface area contributed by atoms with Crippen molar-refractivity contribution < 1.29 is 5.21 Å². The molecule has 0 aromatic heterocycles. The monoisotopic (exact) mass is 273 g/mol. The summed E-state index contributed by atoms with van der Waals surface area (Å²) < 4.78 is 0. The van der Waals surface area contributed by atoms with Crippen LogP contribution in [0.15, 0.2) is 35.5 Å². The van der Waals surface area contributed by atoms with Gasteiger partial charge in [0.25, 0.3) is 0 Å². The van der Waals surface area contributed by atoms with Crippen LogP contribution in [0.3, 0.4) is 0 Å². The number of fused-ring (bicyclic) bond motifs is 2. The quantitative estimate of drug-likeness (QED) is 0.334. The van der Waals surface area contributed by atoms with Gasteiger partial charge in [0.2, 0.25) is 0 Å². The van der Waals surface area contributed by atoms with Gasteiger partial charge in [-0.25, -0.2) is 0 Å². The van der Waals surface area contributed by atoms with E-state index in [1.807, 2.05) is 30.3 Å². The Morgan fingerprint density at radius 3 is 2.70 bits per heavy atom. The molecule has 2 fully saturated rings. The molecule has 4 heteroatoms. The number of nitrogens with zero attached hydrogens (tertiary/aromatic N) is 1. The second-order valence-corrected chi connectivity index (χ2v) is 6.18. The SMILES string of the molecule is NC(=NO)C(CNC1CC2CCC1C2)c1ccccc1. The molecule has 4 atom stereocenters. The molecule has 0 saturated heterocycles. The van der Waals surface area contributed by atoms with Crippen molar-refractivity contribution in [3.05, 3.63) is 35.9 Å². The maximum atomic E-state index is 9.00. The number of oxime groups is 1. The highest BCUT2D eigenvalue weighted by Gasteiger charge is 2.39. The molecule has 2 saturated carbocycles. The lowest BCUT2D eigenvalue weighted by atomic mass is 9.93. The van der Waals surface area contributed by atoms with E-state index >= 15 is 0 Å². The predicted molar refractivity (Wildman–Crippen MR) is 79.8 cm³/mol. The van der Waals surface area contributed by atoms with Crippen LogP contribution in [0.25, 0.3) is 0 Å². The maximum Gasteiger partial charge on any atom is 0.147 e. The van der Waals surface area contributed by atoms with Crippen LogP contribution in [0, 0.1) is 11.8 Å². The Morgan fingerprint density at radius 1 is 1.30 bits per heavy atom. The summed E-state index contributed by atoms with van der Waals surface area (Å²) in [5.74, 6) is 1.99. The zero-order valence-electron chi connectivity index (χ0n) is 11.7. The summed E-state index contributed by atoms with van der Waals surface area (Å²) >= 11 is 0. The summed E-state index contributed by atoms with van der Waals surface area (Å²) in [7, 11) is 0. The third-order valence-electron chi connectivity index (χ3n) is 5.00. The van der Waals surface area contributed by atoms with Crippen molar-refractivity contribution in [2.45, 2.75) is 37.6 Å². The van der Waals surface area contributed by atoms with Gasteiger partial charge >= 0.3 is 0 Å². The predicted octanol–water partition coefficient (Wildman–Crippen LogP) is 2.29. The molecule has 1 aromatic carbocycles. The second-order valence-electron chi connectivity index (χ2n) is 6.18. The number of benzene rings is 1. The zero-order valence-corrected chi connectivity index (χ0v) is 11.7. The van der Waals surface area contributed by atoms with E-state index in [1.54, 1.807) is 0 Å². The van der Waals surface area contributed by atoms with Crippen molar-refractivity contribution in [1.82, 2.24) is 5.32 Å². The Balaban J connectivity index is 1.65. The summed E-state index contributed by atoms with van der Waals surface area (Å²) in [5, 5.41) is 15.9. The fourth-order valence-corrected chi connectivity index (χ4v) is 3.91. The topological polar surface area (TPSA) is 70.6 Å². The van der Waals surface area contributed by atoms with Gasteiger partial charge in [0, 0.05) is 12.6 Å². The summed E-state index contributed by atoms with van der Waals surface area (Å²) in [4.78, 5) is 0. The average Bonchev–Trinajstić information content (AvgIpc) is 3.11. The number of hydrogen-bond donors (Lipinski definition) is 3. The molecule has 2 aliphatic carbocycles. The molecular formula is C16H23N3O. The van der Waals surface area contributed by atoms with Crippen molar-refractivity contribution in [2.24, 2.45) is 22.7 Å². The summed E-state index contributed by atoms with van der Waals surface area (Å²) in [6.07, 6.45) is 5.45. The molecule has 108 valence electrons. The van der Waals surface area contributed by atoms with E-state index in [0.717, 1.165) is 23.9 Å². The van der Waals surface area contributed by atoms with Gasteiger partial charge in [0.1, 0.15) is 5.84 Å². The number of amidine groups is 1. The standard InChI is InChI=1S/C16H23N3O/c17-16(19-20)14(12-4-2-1-3-5-12)10-18-15-9-11-6-7-13(15)8-11/h1-5,11,13-15,18,20H,6-10H2,(H2,17,19). The van der Waals surface area contributed by atoms with Gasteiger partial charge in [-0.2, -0.15) is 0 Å². The molecule has 3 rings (SSSR count). The zero-order chi connectivity index (χ0) is 13.9. The van der Waals surface area contributed by atoms with Crippen molar-refractivity contribution in [2.75, 3.05) is 6.54 Å². The lowest BCUT2D eigenvalue weighted by Crippen LogP contribution is -2.39. The minimum Gasteiger partial charge on any atom is -0.409 e. The minimum atomic E-state index is -0.0553. The van der Waals surface area contributed by atoms with E-state index in [4.69, 9.17) is 10.9 Å². The van der Waals surface area contributed by atoms with Crippen LogP contribution < -0.4 is 11.1 Å². The van der Waals surface area contributed by atoms with Crippen molar-refractivity contribution >= 4 is 5.84 Å². The molecule has 0 heterocycles. The summed E-state index contributed by atoms with van der Waals surface area (Å²) in [6.45, 7) is 0.744. The first-order chi connectivity index (χ1) is 9.78. The Hall–Kier alpha value is -1.55. The molecule has 20 heavy (non-hydrogen) atoms. The molecule has 2 bridgehead atoms.